The van der Waals surface area contributed by atoms with Crippen LogP contribution in [0.25, 0.3) is 0 Å². The molecule has 1 fully saturated rings. The van der Waals surface area contributed by atoms with Crippen LogP contribution in [0.1, 0.15) is 60.9 Å². The van der Waals surface area contributed by atoms with Gasteiger partial charge in [0.15, 0.2) is 0 Å². The van der Waals surface area contributed by atoms with Crippen LogP contribution in [-0.4, -0.2) is 18.5 Å². The third-order valence-corrected chi connectivity index (χ3v) is 4.51. The zero-order valence-electron chi connectivity index (χ0n) is 12.1. The first kappa shape index (κ1) is 13.5. The number of para-hydroxylation sites is 1. The van der Waals surface area contributed by atoms with Crippen LogP contribution in [-0.2, 0) is 6.42 Å². The van der Waals surface area contributed by atoms with Crippen molar-refractivity contribution >= 4 is 11.6 Å². The molecule has 0 spiro atoms. The first-order valence-electron chi connectivity index (χ1n) is 8.01. The lowest BCUT2D eigenvalue weighted by molar-refractivity contribution is 0.0934. The molecule has 1 heterocycles. The number of amides is 1. The van der Waals surface area contributed by atoms with Crippen LogP contribution in [0.4, 0.5) is 5.69 Å². The van der Waals surface area contributed by atoms with Gasteiger partial charge in [0.25, 0.3) is 5.91 Å². The average molecular weight is 272 g/mol. The number of hydrogen-bond donors (Lipinski definition) is 2. The highest BCUT2D eigenvalue weighted by Crippen LogP contribution is 2.26. The van der Waals surface area contributed by atoms with Gasteiger partial charge in [0, 0.05) is 12.6 Å². The molecule has 1 aromatic carbocycles. The van der Waals surface area contributed by atoms with Crippen LogP contribution in [0.5, 0.6) is 0 Å². The predicted octanol–water partition coefficient (Wildman–Crippen LogP) is 3.50. The molecule has 3 rings (SSSR count). The molecule has 3 heteroatoms. The minimum absolute atomic E-state index is 0.100. The lowest BCUT2D eigenvalue weighted by atomic mass is 9.98. The molecule has 1 aliphatic carbocycles. The molecule has 0 aromatic heterocycles. The third-order valence-electron chi connectivity index (χ3n) is 4.51. The van der Waals surface area contributed by atoms with Crippen molar-refractivity contribution in [2.24, 2.45) is 0 Å². The molecule has 0 unspecified atom stereocenters. The molecule has 0 saturated heterocycles. The molecule has 2 N–H and O–H groups in total. The summed E-state index contributed by atoms with van der Waals surface area (Å²) in [6.07, 6.45) is 9.62. The van der Waals surface area contributed by atoms with Gasteiger partial charge in [0.1, 0.15) is 0 Å². The summed E-state index contributed by atoms with van der Waals surface area (Å²) in [5.41, 5.74) is 3.17. The maximum absolute atomic E-state index is 12.5. The molecule has 1 aromatic rings. The van der Waals surface area contributed by atoms with Crippen LogP contribution in [0.15, 0.2) is 18.2 Å². The van der Waals surface area contributed by atoms with Gasteiger partial charge in [-0.15, -0.1) is 0 Å². The largest absolute Gasteiger partial charge is 0.384 e. The molecule has 1 amide bonds. The van der Waals surface area contributed by atoms with Crippen molar-refractivity contribution < 1.29 is 4.79 Å². The summed E-state index contributed by atoms with van der Waals surface area (Å²) < 4.78 is 0. The molecular weight excluding hydrogens is 248 g/mol. The standard InChI is InChI=1S/C17H24N2O/c20-17(19-14-9-3-1-2-4-10-14)15-11-5-7-13-8-6-12-18-16(13)15/h5,7,11,14,18H,1-4,6,8-10,12H2,(H,19,20). The zero-order chi connectivity index (χ0) is 13.8. The molecule has 1 saturated carbocycles. The summed E-state index contributed by atoms with van der Waals surface area (Å²) >= 11 is 0. The van der Waals surface area contributed by atoms with Crippen molar-refractivity contribution in [2.45, 2.75) is 57.4 Å². The number of anilines is 1. The highest BCUT2D eigenvalue weighted by Gasteiger charge is 2.20. The van der Waals surface area contributed by atoms with Gasteiger partial charge < -0.3 is 10.6 Å². The minimum Gasteiger partial charge on any atom is -0.384 e. The van der Waals surface area contributed by atoms with Gasteiger partial charge >= 0.3 is 0 Å². The number of carbonyl (C=O) groups is 1. The summed E-state index contributed by atoms with van der Waals surface area (Å²) in [7, 11) is 0. The van der Waals surface area contributed by atoms with E-state index in [1.54, 1.807) is 0 Å². The van der Waals surface area contributed by atoms with E-state index in [9.17, 15) is 4.79 Å². The van der Waals surface area contributed by atoms with E-state index < -0.39 is 0 Å². The monoisotopic (exact) mass is 272 g/mol. The van der Waals surface area contributed by atoms with E-state index in [1.165, 1.54) is 31.2 Å². The topological polar surface area (TPSA) is 41.1 Å². The number of hydrogen-bond acceptors (Lipinski definition) is 2. The Morgan fingerprint density at radius 1 is 1.10 bits per heavy atom. The van der Waals surface area contributed by atoms with E-state index >= 15 is 0 Å². The minimum atomic E-state index is 0.100. The summed E-state index contributed by atoms with van der Waals surface area (Å²) in [6.45, 7) is 0.973. The van der Waals surface area contributed by atoms with Crippen LogP contribution < -0.4 is 10.6 Å². The number of nitrogens with one attached hydrogen (secondary N) is 2. The highest BCUT2D eigenvalue weighted by molar-refractivity contribution is 6.00. The van der Waals surface area contributed by atoms with E-state index in [-0.39, 0.29) is 5.91 Å². The molecule has 2 aliphatic rings. The second-order valence-electron chi connectivity index (χ2n) is 6.03. The van der Waals surface area contributed by atoms with Crippen LogP contribution in [0.3, 0.4) is 0 Å². The van der Waals surface area contributed by atoms with Gasteiger partial charge in [-0.2, -0.15) is 0 Å². The quantitative estimate of drug-likeness (QED) is 0.809. The lowest BCUT2D eigenvalue weighted by Crippen LogP contribution is -2.35. The third kappa shape index (κ3) is 2.97. The van der Waals surface area contributed by atoms with Gasteiger partial charge in [0.05, 0.1) is 11.3 Å². The lowest BCUT2D eigenvalue weighted by Gasteiger charge is -2.22. The van der Waals surface area contributed by atoms with Crippen molar-refractivity contribution in [3.63, 3.8) is 0 Å². The van der Waals surface area contributed by atoms with Crippen LogP contribution >= 0.6 is 0 Å². The van der Waals surface area contributed by atoms with Gasteiger partial charge in [-0.25, -0.2) is 0 Å². The van der Waals surface area contributed by atoms with E-state index in [0.717, 1.165) is 43.5 Å². The number of benzene rings is 1. The second kappa shape index (κ2) is 6.29. The fourth-order valence-corrected chi connectivity index (χ4v) is 3.39. The summed E-state index contributed by atoms with van der Waals surface area (Å²) in [4.78, 5) is 12.5. The number of fused-ring (bicyclic) bond motifs is 1. The van der Waals surface area contributed by atoms with Crippen molar-refractivity contribution in [1.82, 2.24) is 5.32 Å². The van der Waals surface area contributed by atoms with Crippen LogP contribution in [0.2, 0.25) is 0 Å². The summed E-state index contributed by atoms with van der Waals surface area (Å²) in [5.74, 6) is 0.100. The first-order chi connectivity index (χ1) is 9.84. The van der Waals surface area contributed by atoms with E-state index in [2.05, 4.69) is 16.7 Å². The molecule has 1 aliphatic heterocycles. The smallest absolute Gasteiger partial charge is 0.253 e. The van der Waals surface area contributed by atoms with E-state index in [1.807, 2.05) is 12.1 Å². The highest BCUT2D eigenvalue weighted by atomic mass is 16.1. The van der Waals surface area contributed by atoms with Gasteiger partial charge in [-0.3, -0.25) is 4.79 Å². The van der Waals surface area contributed by atoms with Crippen molar-refractivity contribution in [2.75, 3.05) is 11.9 Å². The SMILES string of the molecule is O=C(NC1CCCCCC1)c1cccc2c1NCCC2. The molecule has 20 heavy (non-hydrogen) atoms. The molecule has 108 valence electrons. The normalized spacial score (nSPS) is 19.6. The molecule has 0 bridgehead atoms. The Labute approximate surface area is 121 Å². The molecule has 0 radical (unpaired) electrons. The van der Waals surface area contributed by atoms with Crippen molar-refractivity contribution in [1.29, 1.82) is 0 Å². The number of aryl methyl sites for hydroxylation is 1. The maximum atomic E-state index is 12.5. The van der Waals surface area contributed by atoms with Gasteiger partial charge in [-0.05, 0) is 37.3 Å². The Bertz CT molecular complexity index is 476. The Balaban J connectivity index is 1.73. The first-order valence-corrected chi connectivity index (χ1v) is 8.01. The fourth-order valence-electron chi connectivity index (χ4n) is 3.39. The van der Waals surface area contributed by atoms with E-state index in [0.29, 0.717) is 6.04 Å². The number of carbonyl (C=O) groups excluding carboxylic acids is 1. The molecule has 0 atom stereocenters. The Morgan fingerprint density at radius 3 is 2.70 bits per heavy atom. The Morgan fingerprint density at radius 2 is 1.90 bits per heavy atom. The molecule has 3 nitrogen and oxygen atoms in total. The molecular formula is C17H24N2O. The van der Waals surface area contributed by atoms with E-state index in [4.69, 9.17) is 0 Å². The predicted molar refractivity (Wildman–Crippen MR) is 82.2 cm³/mol. The van der Waals surface area contributed by atoms with Gasteiger partial charge in [-0.1, -0.05) is 37.8 Å². The van der Waals surface area contributed by atoms with Crippen molar-refractivity contribution in [3.05, 3.63) is 29.3 Å². The second-order valence-corrected chi connectivity index (χ2v) is 6.03. The fraction of sp³-hybridized carbons (Fsp3) is 0.588. The Kier molecular flexibility index (Phi) is 4.24. The van der Waals surface area contributed by atoms with Gasteiger partial charge in [0.2, 0.25) is 0 Å². The summed E-state index contributed by atoms with van der Waals surface area (Å²) in [5, 5.41) is 6.65. The average Bonchev–Trinajstić information content (AvgIpc) is 2.75. The Hall–Kier alpha value is -1.51. The maximum Gasteiger partial charge on any atom is 0.253 e. The number of rotatable bonds is 2. The summed E-state index contributed by atoms with van der Waals surface area (Å²) in [6, 6.07) is 6.45. The van der Waals surface area contributed by atoms with Crippen LogP contribution in [0, 0.1) is 0 Å². The zero-order valence-corrected chi connectivity index (χ0v) is 12.1. The van der Waals surface area contributed by atoms with Crippen molar-refractivity contribution in [3.8, 4) is 0 Å².